The van der Waals surface area contributed by atoms with Gasteiger partial charge in [-0.25, -0.2) is 0 Å². The molecule has 2 N–H and O–H groups in total. The molecule has 0 radical (unpaired) electrons. The Kier molecular flexibility index (Phi) is 7.19. The van der Waals surface area contributed by atoms with Crippen molar-refractivity contribution in [1.82, 2.24) is 15.1 Å². The van der Waals surface area contributed by atoms with Crippen molar-refractivity contribution in [2.45, 2.75) is 76.9 Å². The maximum atomic E-state index is 13.5. The quantitative estimate of drug-likeness (QED) is 0.777. The van der Waals surface area contributed by atoms with Crippen LogP contribution in [0.15, 0.2) is 18.2 Å². The minimum absolute atomic E-state index is 0.0551. The van der Waals surface area contributed by atoms with Crippen LogP contribution in [0.5, 0.6) is 0 Å². The molecule has 2 unspecified atom stereocenters. The number of aryl methyl sites for hydroxylation is 2. The van der Waals surface area contributed by atoms with E-state index >= 15 is 0 Å². The second-order valence-electron chi connectivity index (χ2n) is 9.34. The maximum absolute atomic E-state index is 13.5. The number of hydrogen-bond acceptors (Lipinski definition) is 4. The Morgan fingerprint density at radius 2 is 1.67 bits per heavy atom. The van der Waals surface area contributed by atoms with Crippen molar-refractivity contribution >= 4 is 17.5 Å². The lowest BCUT2D eigenvalue weighted by molar-refractivity contribution is -0.130. The van der Waals surface area contributed by atoms with Crippen LogP contribution in [-0.2, 0) is 9.59 Å². The summed E-state index contributed by atoms with van der Waals surface area (Å²) < 4.78 is 0. The number of carbonyl (C=O) groups is 2. The molecule has 1 aromatic rings. The molecule has 2 fully saturated rings. The smallest absolute Gasteiger partial charge is 0.244 e. The molecule has 2 amide bonds. The van der Waals surface area contributed by atoms with E-state index in [0.717, 1.165) is 55.6 Å². The van der Waals surface area contributed by atoms with Crippen molar-refractivity contribution < 1.29 is 9.59 Å². The fourth-order valence-electron chi connectivity index (χ4n) is 5.32. The van der Waals surface area contributed by atoms with Crippen LogP contribution in [-0.4, -0.2) is 66.4 Å². The van der Waals surface area contributed by atoms with Crippen molar-refractivity contribution in [2.75, 3.05) is 32.5 Å². The second kappa shape index (κ2) is 9.48. The summed E-state index contributed by atoms with van der Waals surface area (Å²) in [5, 5.41) is 6.41. The monoisotopic (exact) mass is 414 g/mol. The molecule has 1 heterocycles. The molecule has 1 aliphatic carbocycles. The summed E-state index contributed by atoms with van der Waals surface area (Å²) in [5.41, 5.74) is 2.61. The zero-order valence-corrected chi connectivity index (χ0v) is 19.3. The lowest BCUT2D eigenvalue weighted by Gasteiger charge is -2.49. The predicted molar refractivity (Wildman–Crippen MR) is 122 cm³/mol. The van der Waals surface area contributed by atoms with Gasteiger partial charge in [-0.3, -0.25) is 19.4 Å². The largest absolute Gasteiger partial charge is 0.352 e. The topological polar surface area (TPSA) is 64.7 Å². The average Bonchev–Trinajstić information content (AvgIpc) is 2.70. The lowest BCUT2D eigenvalue weighted by Crippen LogP contribution is -2.63. The highest BCUT2D eigenvalue weighted by atomic mass is 16.2. The number of benzene rings is 1. The van der Waals surface area contributed by atoms with Gasteiger partial charge in [0.2, 0.25) is 11.8 Å². The molecular formula is C24H38N4O2. The van der Waals surface area contributed by atoms with Crippen LogP contribution in [0.1, 0.15) is 56.6 Å². The summed E-state index contributed by atoms with van der Waals surface area (Å²) in [6, 6.07) is 6.71. The van der Waals surface area contributed by atoms with Crippen LogP contribution >= 0.6 is 0 Å². The molecule has 3 rings (SSSR count). The van der Waals surface area contributed by atoms with Gasteiger partial charge in [-0.2, -0.15) is 0 Å². The fraction of sp³-hybridized carbons (Fsp3) is 0.667. The Labute approximate surface area is 181 Å². The summed E-state index contributed by atoms with van der Waals surface area (Å²) in [6.45, 7) is 7.44. The zero-order chi connectivity index (χ0) is 21.9. The number of piperidine rings is 1. The van der Waals surface area contributed by atoms with Crippen molar-refractivity contribution in [3.63, 3.8) is 0 Å². The van der Waals surface area contributed by atoms with Gasteiger partial charge in [0.05, 0.1) is 0 Å². The Bertz CT molecular complexity index is 748. The van der Waals surface area contributed by atoms with E-state index < -0.39 is 5.54 Å². The zero-order valence-electron chi connectivity index (χ0n) is 19.3. The van der Waals surface area contributed by atoms with Crippen molar-refractivity contribution in [2.24, 2.45) is 0 Å². The minimum atomic E-state index is -0.511. The van der Waals surface area contributed by atoms with Crippen LogP contribution in [0.4, 0.5) is 5.69 Å². The van der Waals surface area contributed by atoms with Gasteiger partial charge < -0.3 is 10.6 Å². The number of para-hydroxylation sites is 1. The highest BCUT2D eigenvalue weighted by Crippen LogP contribution is 2.33. The Morgan fingerprint density at radius 3 is 2.23 bits per heavy atom. The van der Waals surface area contributed by atoms with Gasteiger partial charge in [-0.15, -0.1) is 0 Å². The van der Waals surface area contributed by atoms with E-state index in [-0.39, 0.29) is 17.9 Å². The van der Waals surface area contributed by atoms with Crippen LogP contribution in [0, 0.1) is 13.8 Å². The Balaban J connectivity index is 1.72. The standard InChI is InChI=1S/C24H38N4O2/c1-17-9-8-10-18(2)22(17)26-23(30)24(27(4)5)13-15-28(16-14-24)21-12-7-6-11-20(21)25-19(3)29/h8-10,20-21H,6-7,11-16H2,1-5H3,(H,25,29)(H,26,30). The minimum Gasteiger partial charge on any atom is -0.352 e. The molecule has 2 aliphatic rings. The van der Waals surface area contributed by atoms with Gasteiger partial charge in [-0.05, 0) is 64.8 Å². The molecule has 0 spiro atoms. The molecule has 6 heteroatoms. The van der Waals surface area contributed by atoms with Crippen molar-refractivity contribution in [3.8, 4) is 0 Å². The molecule has 0 bridgehead atoms. The summed E-state index contributed by atoms with van der Waals surface area (Å²) in [7, 11) is 4.03. The van der Waals surface area contributed by atoms with Crippen LogP contribution in [0.25, 0.3) is 0 Å². The van der Waals surface area contributed by atoms with Gasteiger partial charge in [0.25, 0.3) is 0 Å². The third kappa shape index (κ3) is 4.70. The average molecular weight is 415 g/mol. The maximum Gasteiger partial charge on any atom is 0.244 e. The van der Waals surface area contributed by atoms with E-state index in [1.165, 1.54) is 12.8 Å². The van der Waals surface area contributed by atoms with Gasteiger partial charge in [0.15, 0.2) is 0 Å². The normalized spacial score (nSPS) is 24.5. The summed E-state index contributed by atoms with van der Waals surface area (Å²) in [6.07, 6.45) is 6.14. The van der Waals surface area contributed by atoms with Crippen LogP contribution in [0.3, 0.4) is 0 Å². The summed E-state index contributed by atoms with van der Waals surface area (Å²) in [5.74, 6) is 0.145. The Morgan fingerprint density at radius 1 is 1.07 bits per heavy atom. The predicted octanol–water partition coefficient (Wildman–Crippen LogP) is 3.09. The molecule has 1 saturated carbocycles. The number of likely N-dealkylation sites (N-methyl/N-ethyl adjacent to an activating group) is 1. The number of anilines is 1. The first-order valence-corrected chi connectivity index (χ1v) is 11.3. The van der Waals surface area contributed by atoms with Crippen LogP contribution < -0.4 is 10.6 Å². The number of rotatable bonds is 5. The highest BCUT2D eigenvalue weighted by Gasteiger charge is 2.45. The molecule has 1 saturated heterocycles. The SMILES string of the molecule is CC(=O)NC1CCCCC1N1CCC(C(=O)Nc2c(C)cccc2C)(N(C)C)CC1. The number of likely N-dealkylation sites (tertiary alicyclic amines) is 1. The number of hydrogen-bond donors (Lipinski definition) is 2. The van der Waals surface area contributed by atoms with E-state index in [0.29, 0.717) is 6.04 Å². The van der Waals surface area contributed by atoms with Crippen LogP contribution in [0.2, 0.25) is 0 Å². The Hall–Kier alpha value is -1.92. The first kappa shape index (κ1) is 22.8. The number of nitrogens with one attached hydrogen (secondary N) is 2. The van der Waals surface area contributed by atoms with Gasteiger partial charge >= 0.3 is 0 Å². The summed E-state index contributed by atoms with van der Waals surface area (Å²) >= 11 is 0. The summed E-state index contributed by atoms with van der Waals surface area (Å²) in [4.78, 5) is 29.8. The molecule has 30 heavy (non-hydrogen) atoms. The van der Waals surface area contributed by atoms with E-state index in [1.807, 2.05) is 46.1 Å². The second-order valence-corrected chi connectivity index (χ2v) is 9.34. The molecule has 1 aromatic carbocycles. The third-order valence-corrected chi connectivity index (χ3v) is 7.21. The highest BCUT2D eigenvalue weighted by molar-refractivity contribution is 5.99. The first-order valence-electron chi connectivity index (χ1n) is 11.3. The van der Waals surface area contributed by atoms with E-state index in [9.17, 15) is 9.59 Å². The fourth-order valence-corrected chi connectivity index (χ4v) is 5.32. The lowest BCUT2D eigenvalue weighted by atomic mass is 9.82. The van der Waals surface area contributed by atoms with E-state index in [4.69, 9.17) is 0 Å². The van der Waals surface area contributed by atoms with Crippen molar-refractivity contribution in [1.29, 1.82) is 0 Å². The molecule has 1 aliphatic heterocycles. The first-order chi connectivity index (χ1) is 14.2. The molecule has 166 valence electrons. The molecule has 2 atom stereocenters. The molecule has 6 nitrogen and oxygen atoms in total. The molecular weight excluding hydrogens is 376 g/mol. The third-order valence-electron chi connectivity index (χ3n) is 7.21. The van der Waals surface area contributed by atoms with Crippen molar-refractivity contribution in [3.05, 3.63) is 29.3 Å². The van der Waals surface area contributed by atoms with E-state index in [1.54, 1.807) is 6.92 Å². The van der Waals surface area contributed by atoms with Gasteiger partial charge in [0, 0.05) is 37.8 Å². The van der Waals surface area contributed by atoms with Gasteiger partial charge in [0.1, 0.15) is 5.54 Å². The number of carbonyl (C=O) groups excluding carboxylic acids is 2. The molecule has 0 aromatic heterocycles. The number of amides is 2. The number of nitrogens with zero attached hydrogens (tertiary/aromatic N) is 2. The van der Waals surface area contributed by atoms with E-state index in [2.05, 4.69) is 20.4 Å². The van der Waals surface area contributed by atoms with Gasteiger partial charge in [-0.1, -0.05) is 31.0 Å².